The van der Waals surface area contributed by atoms with Crippen LogP contribution in [-0.4, -0.2) is 9.97 Å². The van der Waals surface area contributed by atoms with Crippen LogP contribution in [0.25, 0.3) is 0 Å². The number of halogens is 1. The molecule has 0 fully saturated rings. The first-order valence-corrected chi connectivity index (χ1v) is 3.07. The number of hydrogen-bond donors (Lipinski definition) is 2. The van der Waals surface area contributed by atoms with E-state index in [1.54, 1.807) is 13.1 Å². The molecule has 3 N–H and O–H groups in total. The minimum Gasteiger partial charge on any atom is -0.306 e. The van der Waals surface area contributed by atoms with Crippen LogP contribution >= 0.6 is 11.6 Å². The molecular weight excluding hydrogens is 152 g/mol. The zero-order valence-electron chi connectivity index (χ0n) is 5.43. The Labute approximate surface area is 63.4 Å². The van der Waals surface area contributed by atoms with Crippen molar-refractivity contribution in [3.63, 3.8) is 0 Å². The quantitative estimate of drug-likeness (QED) is 0.467. The lowest BCUT2D eigenvalue weighted by atomic mass is 10.5. The molecule has 5 heteroatoms. The third kappa shape index (κ3) is 1.34. The van der Waals surface area contributed by atoms with Crippen LogP contribution in [0.2, 0.25) is 5.15 Å². The van der Waals surface area contributed by atoms with Crippen molar-refractivity contribution in [3.8, 4) is 0 Å². The highest BCUT2D eigenvalue weighted by Crippen LogP contribution is 2.13. The molecule has 0 spiro atoms. The predicted octanol–water partition coefficient (Wildman–Crippen LogP) is 0.724. The minimum atomic E-state index is 0.294. The standard InChI is InChI=1S/C5H7ClN4/c1-3-2-8-5(10-7)4(6)9-3/h2H,7H2,1H3,(H,8,10). The number of nitrogens with two attached hydrogens (primary N) is 1. The molecule has 0 aliphatic heterocycles. The maximum Gasteiger partial charge on any atom is 0.178 e. The van der Waals surface area contributed by atoms with E-state index in [2.05, 4.69) is 15.4 Å². The maximum absolute atomic E-state index is 5.61. The summed E-state index contributed by atoms with van der Waals surface area (Å²) in [5.74, 6) is 5.46. The first kappa shape index (κ1) is 7.24. The van der Waals surface area contributed by atoms with E-state index in [-0.39, 0.29) is 0 Å². The number of hydrazine groups is 1. The van der Waals surface area contributed by atoms with Gasteiger partial charge in [-0.05, 0) is 6.92 Å². The number of aromatic nitrogens is 2. The Bertz CT molecular complexity index is 237. The third-order valence-electron chi connectivity index (χ3n) is 0.987. The highest BCUT2D eigenvalue weighted by Gasteiger charge is 1.99. The third-order valence-corrected chi connectivity index (χ3v) is 1.25. The van der Waals surface area contributed by atoms with Crippen molar-refractivity contribution in [1.82, 2.24) is 9.97 Å². The van der Waals surface area contributed by atoms with Crippen LogP contribution in [0.5, 0.6) is 0 Å². The fraction of sp³-hybridized carbons (Fsp3) is 0.200. The van der Waals surface area contributed by atoms with Crippen molar-refractivity contribution >= 4 is 17.4 Å². The van der Waals surface area contributed by atoms with Crippen molar-refractivity contribution in [1.29, 1.82) is 0 Å². The van der Waals surface area contributed by atoms with E-state index in [1.807, 2.05) is 0 Å². The first-order chi connectivity index (χ1) is 4.74. The van der Waals surface area contributed by atoms with Crippen LogP contribution in [0.1, 0.15) is 5.69 Å². The number of nitrogen functional groups attached to an aromatic ring is 1. The molecule has 1 aromatic heterocycles. The zero-order valence-corrected chi connectivity index (χ0v) is 6.18. The Morgan fingerprint density at radius 2 is 2.40 bits per heavy atom. The second-order valence-corrected chi connectivity index (χ2v) is 2.15. The Morgan fingerprint density at radius 3 is 2.90 bits per heavy atom. The summed E-state index contributed by atoms with van der Waals surface area (Å²) in [6.07, 6.45) is 1.58. The molecule has 0 saturated heterocycles. The lowest BCUT2D eigenvalue weighted by Gasteiger charge is -1.99. The van der Waals surface area contributed by atoms with Crippen molar-refractivity contribution in [2.45, 2.75) is 6.92 Å². The summed E-state index contributed by atoms with van der Waals surface area (Å²) in [6, 6.07) is 0. The summed E-state index contributed by atoms with van der Waals surface area (Å²) < 4.78 is 0. The van der Waals surface area contributed by atoms with Gasteiger partial charge in [0.15, 0.2) is 11.0 Å². The molecule has 0 unspecified atom stereocenters. The topological polar surface area (TPSA) is 63.8 Å². The largest absolute Gasteiger partial charge is 0.306 e. The molecular formula is C5H7ClN4. The van der Waals surface area contributed by atoms with Gasteiger partial charge >= 0.3 is 0 Å². The molecule has 0 aliphatic carbocycles. The van der Waals surface area contributed by atoms with E-state index < -0.39 is 0 Å². The highest BCUT2D eigenvalue weighted by atomic mass is 35.5. The average molecular weight is 159 g/mol. The van der Waals surface area contributed by atoms with Crippen molar-refractivity contribution in [2.24, 2.45) is 5.84 Å². The number of rotatable bonds is 1. The summed E-state index contributed by atoms with van der Waals surface area (Å²) in [6.45, 7) is 1.80. The van der Waals surface area contributed by atoms with Gasteiger partial charge in [-0.2, -0.15) is 0 Å². The van der Waals surface area contributed by atoms with E-state index in [1.165, 1.54) is 0 Å². The molecule has 0 amide bonds. The van der Waals surface area contributed by atoms with Crippen LogP contribution in [0, 0.1) is 6.92 Å². The Balaban J connectivity index is 3.07. The molecule has 0 saturated carbocycles. The lowest BCUT2D eigenvalue weighted by Crippen LogP contribution is -2.09. The van der Waals surface area contributed by atoms with E-state index in [0.29, 0.717) is 11.0 Å². The summed E-state index contributed by atoms with van der Waals surface area (Å²) >= 11 is 5.61. The Hall–Kier alpha value is -0.870. The number of anilines is 1. The Morgan fingerprint density at radius 1 is 1.70 bits per heavy atom. The van der Waals surface area contributed by atoms with Crippen molar-refractivity contribution in [3.05, 3.63) is 17.0 Å². The monoisotopic (exact) mass is 158 g/mol. The summed E-state index contributed by atoms with van der Waals surface area (Å²) in [5.41, 5.74) is 3.08. The van der Waals surface area contributed by atoms with Gasteiger partial charge in [0.1, 0.15) is 0 Å². The fourth-order valence-corrected chi connectivity index (χ4v) is 0.781. The molecule has 54 valence electrons. The SMILES string of the molecule is Cc1cnc(NN)c(Cl)n1. The van der Waals surface area contributed by atoms with Crippen LogP contribution < -0.4 is 11.3 Å². The van der Waals surface area contributed by atoms with Gasteiger partial charge in [-0.25, -0.2) is 15.8 Å². The molecule has 0 aromatic carbocycles. The molecule has 4 nitrogen and oxygen atoms in total. The number of nitrogens with zero attached hydrogens (tertiary/aromatic N) is 2. The van der Waals surface area contributed by atoms with Gasteiger partial charge in [0.05, 0.1) is 11.9 Å². The molecule has 1 heterocycles. The zero-order chi connectivity index (χ0) is 7.56. The number of nitrogens with one attached hydrogen (secondary N) is 1. The molecule has 0 bridgehead atoms. The van der Waals surface area contributed by atoms with Gasteiger partial charge in [0, 0.05) is 0 Å². The van der Waals surface area contributed by atoms with Crippen LogP contribution in [0.3, 0.4) is 0 Å². The number of hydrogen-bond acceptors (Lipinski definition) is 4. The van der Waals surface area contributed by atoms with E-state index in [4.69, 9.17) is 17.4 Å². The number of aryl methyl sites for hydroxylation is 1. The van der Waals surface area contributed by atoms with Crippen LogP contribution in [-0.2, 0) is 0 Å². The minimum absolute atomic E-state index is 0.294. The fourth-order valence-electron chi connectivity index (χ4n) is 0.545. The van der Waals surface area contributed by atoms with Crippen LogP contribution in [0.15, 0.2) is 6.20 Å². The van der Waals surface area contributed by atoms with Crippen molar-refractivity contribution in [2.75, 3.05) is 5.43 Å². The van der Waals surface area contributed by atoms with Gasteiger partial charge in [-0.1, -0.05) is 11.6 Å². The predicted molar refractivity (Wildman–Crippen MR) is 39.6 cm³/mol. The smallest absolute Gasteiger partial charge is 0.178 e. The van der Waals surface area contributed by atoms with E-state index >= 15 is 0 Å². The molecule has 0 atom stereocenters. The van der Waals surface area contributed by atoms with Gasteiger partial charge in [0.25, 0.3) is 0 Å². The van der Waals surface area contributed by atoms with Crippen molar-refractivity contribution < 1.29 is 0 Å². The van der Waals surface area contributed by atoms with Gasteiger partial charge in [-0.15, -0.1) is 0 Å². The maximum atomic E-state index is 5.61. The second-order valence-electron chi connectivity index (χ2n) is 1.80. The second kappa shape index (κ2) is 2.81. The molecule has 0 aliphatic rings. The molecule has 0 radical (unpaired) electrons. The molecule has 10 heavy (non-hydrogen) atoms. The van der Waals surface area contributed by atoms with E-state index in [0.717, 1.165) is 5.69 Å². The summed E-state index contributed by atoms with van der Waals surface area (Å²) in [7, 11) is 0. The lowest BCUT2D eigenvalue weighted by molar-refractivity contribution is 1.10. The van der Waals surface area contributed by atoms with Gasteiger partial charge in [-0.3, -0.25) is 0 Å². The molecule has 1 rings (SSSR count). The highest BCUT2D eigenvalue weighted by molar-refractivity contribution is 6.31. The van der Waals surface area contributed by atoms with E-state index in [9.17, 15) is 0 Å². The van der Waals surface area contributed by atoms with Gasteiger partial charge < -0.3 is 5.43 Å². The summed E-state index contributed by atoms with van der Waals surface area (Å²) in [5, 5.41) is 0.294. The normalized spacial score (nSPS) is 9.50. The Kier molecular flexibility index (Phi) is 2.03. The van der Waals surface area contributed by atoms with Gasteiger partial charge in [0.2, 0.25) is 0 Å². The molecule has 1 aromatic rings. The summed E-state index contributed by atoms with van der Waals surface area (Å²) in [4.78, 5) is 7.77. The average Bonchev–Trinajstić information content (AvgIpc) is 1.88. The first-order valence-electron chi connectivity index (χ1n) is 2.70. The van der Waals surface area contributed by atoms with Crippen LogP contribution in [0.4, 0.5) is 5.82 Å².